The molecule has 126 valence electrons. The molecule has 1 spiro atoms. The van der Waals surface area contributed by atoms with Gasteiger partial charge in [-0.25, -0.2) is 4.98 Å². The van der Waals surface area contributed by atoms with Crippen molar-refractivity contribution in [2.45, 2.75) is 38.6 Å². The maximum absolute atomic E-state index is 11.7. The Kier molecular flexibility index (Phi) is 3.91. The van der Waals surface area contributed by atoms with E-state index in [1.165, 1.54) is 0 Å². The van der Waals surface area contributed by atoms with E-state index in [1.54, 1.807) is 0 Å². The third kappa shape index (κ3) is 2.58. The van der Waals surface area contributed by atoms with E-state index in [0.717, 1.165) is 11.4 Å². The number of amides is 1. The minimum Gasteiger partial charge on any atom is -0.481 e. The zero-order valence-corrected chi connectivity index (χ0v) is 13.8. The van der Waals surface area contributed by atoms with Gasteiger partial charge in [0.05, 0.1) is 22.7 Å². The number of rotatable bonds is 2. The summed E-state index contributed by atoms with van der Waals surface area (Å²) in [5.41, 5.74) is 1.54. The van der Waals surface area contributed by atoms with E-state index in [-0.39, 0.29) is 12.3 Å². The first-order valence-electron chi connectivity index (χ1n) is 8.03. The van der Waals surface area contributed by atoms with Gasteiger partial charge in [-0.3, -0.25) is 9.59 Å². The van der Waals surface area contributed by atoms with Gasteiger partial charge in [-0.15, -0.1) is 0 Å². The summed E-state index contributed by atoms with van der Waals surface area (Å²) in [5.74, 6) is -0.955. The number of nitrogens with zero attached hydrogens (tertiary/aromatic N) is 3. The molecule has 2 aliphatic heterocycles. The summed E-state index contributed by atoms with van der Waals surface area (Å²) < 4.78 is 0. The summed E-state index contributed by atoms with van der Waals surface area (Å²) in [6.07, 6.45) is 1.22. The summed E-state index contributed by atoms with van der Waals surface area (Å²) in [5, 5.41) is 21.5. The van der Waals surface area contributed by atoms with Crippen molar-refractivity contribution in [3.63, 3.8) is 0 Å². The van der Waals surface area contributed by atoms with Gasteiger partial charge in [-0.2, -0.15) is 5.26 Å². The molecule has 1 aromatic heterocycles. The van der Waals surface area contributed by atoms with Gasteiger partial charge in [0.2, 0.25) is 5.91 Å². The highest BCUT2D eigenvalue weighted by Gasteiger charge is 2.51. The van der Waals surface area contributed by atoms with Crippen molar-refractivity contribution >= 4 is 17.7 Å². The van der Waals surface area contributed by atoms with Gasteiger partial charge >= 0.3 is 5.97 Å². The maximum Gasteiger partial charge on any atom is 0.309 e. The predicted molar refractivity (Wildman–Crippen MR) is 86.5 cm³/mol. The van der Waals surface area contributed by atoms with Crippen molar-refractivity contribution in [3.8, 4) is 6.07 Å². The van der Waals surface area contributed by atoms with Gasteiger partial charge in [-0.05, 0) is 38.3 Å². The van der Waals surface area contributed by atoms with Crippen molar-refractivity contribution in [2.24, 2.45) is 5.92 Å². The van der Waals surface area contributed by atoms with Crippen molar-refractivity contribution in [1.82, 2.24) is 10.3 Å². The molecular weight excluding hydrogens is 308 g/mol. The van der Waals surface area contributed by atoms with Crippen LogP contribution in [0.4, 0.5) is 5.82 Å². The number of aliphatic carboxylic acids is 1. The fourth-order valence-corrected chi connectivity index (χ4v) is 3.87. The van der Waals surface area contributed by atoms with Crippen LogP contribution < -0.4 is 10.2 Å². The molecule has 1 amide bonds. The van der Waals surface area contributed by atoms with Gasteiger partial charge in [0.1, 0.15) is 11.9 Å². The Morgan fingerprint density at radius 1 is 1.46 bits per heavy atom. The Morgan fingerprint density at radius 2 is 2.12 bits per heavy atom. The lowest BCUT2D eigenvalue weighted by Gasteiger charge is -2.42. The van der Waals surface area contributed by atoms with E-state index in [9.17, 15) is 14.7 Å². The van der Waals surface area contributed by atoms with Crippen LogP contribution in [0.2, 0.25) is 0 Å². The van der Waals surface area contributed by atoms with Crippen molar-refractivity contribution in [1.29, 1.82) is 5.26 Å². The molecule has 2 fully saturated rings. The largest absolute Gasteiger partial charge is 0.481 e. The fraction of sp³-hybridized carbons (Fsp3) is 0.529. The number of hydrogen-bond donors (Lipinski definition) is 2. The lowest BCUT2D eigenvalue weighted by atomic mass is 9.77. The van der Waals surface area contributed by atoms with Crippen LogP contribution in [0.15, 0.2) is 6.07 Å². The van der Waals surface area contributed by atoms with Gasteiger partial charge < -0.3 is 15.3 Å². The smallest absolute Gasteiger partial charge is 0.309 e. The average Bonchev–Trinajstić information content (AvgIpc) is 2.84. The zero-order chi connectivity index (χ0) is 17.5. The number of piperidine rings is 1. The number of carbonyl (C=O) groups is 2. The second-order valence-corrected chi connectivity index (χ2v) is 6.66. The average molecular weight is 328 g/mol. The number of nitrogens with one attached hydrogen (secondary N) is 1. The molecule has 7 nitrogen and oxygen atoms in total. The van der Waals surface area contributed by atoms with Crippen molar-refractivity contribution in [2.75, 3.05) is 18.0 Å². The highest BCUT2D eigenvalue weighted by molar-refractivity contribution is 5.88. The zero-order valence-electron chi connectivity index (χ0n) is 13.8. The SMILES string of the molecule is Cc1cc(N2CCC3(CC2)NC(=O)CC3C(=O)O)nc(C)c1C#N. The van der Waals surface area contributed by atoms with E-state index in [0.29, 0.717) is 37.2 Å². The van der Waals surface area contributed by atoms with E-state index in [2.05, 4.69) is 21.3 Å². The highest BCUT2D eigenvalue weighted by atomic mass is 16.4. The van der Waals surface area contributed by atoms with Gasteiger partial charge in [0.25, 0.3) is 0 Å². The number of carboxylic acids is 1. The molecule has 2 aliphatic rings. The van der Waals surface area contributed by atoms with Gasteiger partial charge in [0.15, 0.2) is 0 Å². The van der Waals surface area contributed by atoms with E-state index < -0.39 is 17.4 Å². The Balaban J connectivity index is 1.80. The minimum absolute atomic E-state index is 0.0582. The fourth-order valence-electron chi connectivity index (χ4n) is 3.87. The lowest BCUT2D eigenvalue weighted by molar-refractivity contribution is -0.144. The predicted octanol–water partition coefficient (Wildman–Crippen LogP) is 1.13. The molecule has 0 saturated carbocycles. The molecule has 1 atom stereocenters. The third-order valence-corrected chi connectivity index (χ3v) is 5.22. The molecule has 1 unspecified atom stereocenters. The first-order valence-corrected chi connectivity index (χ1v) is 8.03. The highest BCUT2D eigenvalue weighted by Crippen LogP contribution is 2.38. The van der Waals surface area contributed by atoms with Crippen molar-refractivity contribution < 1.29 is 14.7 Å². The van der Waals surface area contributed by atoms with Crippen LogP contribution in [0, 0.1) is 31.1 Å². The maximum atomic E-state index is 11.7. The monoisotopic (exact) mass is 328 g/mol. The normalized spacial score (nSPS) is 22.3. The number of carbonyl (C=O) groups excluding carboxylic acids is 1. The number of hydrogen-bond acceptors (Lipinski definition) is 5. The molecule has 2 N–H and O–H groups in total. The molecule has 2 saturated heterocycles. The van der Waals surface area contributed by atoms with Crippen LogP contribution in [-0.4, -0.2) is 40.6 Å². The van der Waals surface area contributed by atoms with Crippen LogP contribution in [-0.2, 0) is 9.59 Å². The Labute approximate surface area is 140 Å². The summed E-state index contributed by atoms with van der Waals surface area (Å²) >= 11 is 0. The molecule has 3 heterocycles. The van der Waals surface area contributed by atoms with Crippen molar-refractivity contribution in [3.05, 3.63) is 22.9 Å². The van der Waals surface area contributed by atoms with Gasteiger partial charge in [-0.1, -0.05) is 0 Å². The molecule has 7 heteroatoms. The number of pyridine rings is 1. The number of carboxylic acid groups (broad SMARTS) is 1. The molecule has 0 aliphatic carbocycles. The first kappa shape index (κ1) is 16.2. The third-order valence-electron chi connectivity index (χ3n) is 5.22. The van der Waals surface area contributed by atoms with E-state index in [4.69, 9.17) is 5.26 Å². The Hall–Kier alpha value is -2.62. The summed E-state index contributed by atoms with van der Waals surface area (Å²) in [4.78, 5) is 29.8. The molecule has 1 aromatic rings. The number of aromatic nitrogens is 1. The van der Waals surface area contributed by atoms with E-state index >= 15 is 0 Å². The summed E-state index contributed by atoms with van der Waals surface area (Å²) in [7, 11) is 0. The molecule has 0 bridgehead atoms. The number of anilines is 1. The standard InChI is InChI=1S/C17H20N4O3/c1-10-7-14(19-11(2)12(10)9-18)21-5-3-17(4-6-21)13(16(23)24)8-15(22)20-17/h7,13H,3-6,8H2,1-2H3,(H,20,22)(H,23,24). The minimum atomic E-state index is -0.912. The van der Waals surface area contributed by atoms with Crippen LogP contribution in [0.25, 0.3) is 0 Å². The van der Waals surface area contributed by atoms with Gasteiger partial charge in [0, 0.05) is 19.5 Å². The van der Waals surface area contributed by atoms with Crippen LogP contribution >= 0.6 is 0 Å². The number of nitriles is 1. The van der Waals surface area contributed by atoms with Crippen LogP contribution in [0.5, 0.6) is 0 Å². The Morgan fingerprint density at radius 3 is 2.67 bits per heavy atom. The second kappa shape index (κ2) is 5.78. The molecular formula is C17H20N4O3. The number of aryl methyl sites for hydroxylation is 2. The quantitative estimate of drug-likeness (QED) is 0.843. The first-order chi connectivity index (χ1) is 11.4. The van der Waals surface area contributed by atoms with Crippen LogP contribution in [0.1, 0.15) is 36.1 Å². The van der Waals surface area contributed by atoms with E-state index in [1.807, 2.05) is 19.9 Å². The molecule has 0 radical (unpaired) electrons. The van der Waals surface area contributed by atoms with Crippen LogP contribution in [0.3, 0.4) is 0 Å². The molecule has 0 aromatic carbocycles. The molecule has 24 heavy (non-hydrogen) atoms. The lowest BCUT2D eigenvalue weighted by Crippen LogP contribution is -2.55. The second-order valence-electron chi connectivity index (χ2n) is 6.66. The Bertz CT molecular complexity index is 722. The molecule has 3 rings (SSSR count). The summed E-state index contributed by atoms with van der Waals surface area (Å²) in [6, 6.07) is 4.06. The topological polar surface area (TPSA) is 106 Å². The summed E-state index contributed by atoms with van der Waals surface area (Å²) in [6.45, 7) is 4.96.